The van der Waals surface area contributed by atoms with Gasteiger partial charge in [0, 0.05) is 63.9 Å². The lowest BCUT2D eigenvalue weighted by atomic mass is 9.84. The first-order valence-corrected chi connectivity index (χ1v) is 8.97. The van der Waals surface area contributed by atoms with Gasteiger partial charge in [0.25, 0.3) is 0 Å². The van der Waals surface area contributed by atoms with E-state index in [4.69, 9.17) is 9.47 Å². The number of rotatable bonds is 5. The van der Waals surface area contributed by atoms with Crippen molar-refractivity contribution in [2.45, 2.75) is 44.6 Å². The number of aromatic nitrogens is 3. The Morgan fingerprint density at radius 3 is 3.00 bits per heavy atom. The molecule has 2 aliphatic heterocycles. The van der Waals surface area contributed by atoms with Crippen molar-refractivity contribution in [3.05, 3.63) is 47.5 Å². The lowest BCUT2D eigenvalue weighted by molar-refractivity contribution is -0.200. The molecule has 2 aliphatic rings. The molecule has 0 radical (unpaired) electrons. The number of ether oxygens (including phenoxy) is 2. The van der Waals surface area contributed by atoms with Gasteiger partial charge in [0.15, 0.2) is 0 Å². The van der Waals surface area contributed by atoms with Gasteiger partial charge in [-0.1, -0.05) is 0 Å². The van der Waals surface area contributed by atoms with Crippen LogP contribution >= 0.6 is 0 Å². The molecule has 0 amide bonds. The molecule has 4 rings (SSSR count). The van der Waals surface area contributed by atoms with Crippen LogP contribution in [-0.4, -0.2) is 51.1 Å². The highest BCUT2D eigenvalue weighted by molar-refractivity contribution is 5.20. The Balaban J connectivity index is 1.28. The summed E-state index contributed by atoms with van der Waals surface area (Å²) in [6.45, 7) is 6.44. The number of pyridine rings is 1. The van der Waals surface area contributed by atoms with E-state index in [0.717, 1.165) is 39.1 Å². The molecule has 0 bridgehead atoms. The molecular weight excluding hydrogens is 316 g/mol. The second-order valence-corrected chi connectivity index (χ2v) is 7.43. The molecule has 2 aromatic heterocycles. The molecule has 1 atom stereocenters. The monoisotopic (exact) mass is 342 g/mol. The third-order valence-corrected chi connectivity index (χ3v) is 5.26. The molecule has 1 spiro atoms. The fourth-order valence-corrected chi connectivity index (χ4v) is 3.89. The lowest BCUT2D eigenvalue weighted by Gasteiger charge is -2.53. The van der Waals surface area contributed by atoms with Crippen LogP contribution in [0.3, 0.4) is 0 Å². The minimum Gasteiger partial charge on any atom is -0.373 e. The van der Waals surface area contributed by atoms with E-state index in [0.29, 0.717) is 6.61 Å². The maximum Gasteiger partial charge on any atom is 0.0959 e. The summed E-state index contributed by atoms with van der Waals surface area (Å²) in [5.74, 6) is 0. The molecule has 2 fully saturated rings. The summed E-state index contributed by atoms with van der Waals surface area (Å²) in [5.41, 5.74) is 3.65. The van der Waals surface area contributed by atoms with Crippen LogP contribution in [0.5, 0.6) is 0 Å². The van der Waals surface area contributed by atoms with Crippen molar-refractivity contribution in [1.82, 2.24) is 19.7 Å². The van der Waals surface area contributed by atoms with Gasteiger partial charge in [-0.15, -0.1) is 0 Å². The van der Waals surface area contributed by atoms with Crippen LogP contribution in [0.1, 0.15) is 29.5 Å². The highest BCUT2D eigenvalue weighted by Gasteiger charge is 2.47. The zero-order valence-electron chi connectivity index (χ0n) is 15.0. The zero-order chi connectivity index (χ0) is 17.3. The van der Waals surface area contributed by atoms with Crippen LogP contribution in [0.4, 0.5) is 0 Å². The van der Waals surface area contributed by atoms with Crippen molar-refractivity contribution in [3.8, 4) is 0 Å². The summed E-state index contributed by atoms with van der Waals surface area (Å²) in [4.78, 5) is 6.62. The number of hydrogen-bond donors (Lipinski definition) is 0. The largest absolute Gasteiger partial charge is 0.373 e. The Kier molecular flexibility index (Phi) is 4.58. The minimum absolute atomic E-state index is 0.0187. The third-order valence-electron chi connectivity index (χ3n) is 5.26. The molecule has 2 aromatic rings. The standard InChI is InChI=1S/C19H26N4O2/c1-15-3-5-20-9-17(15)12-24-18-4-6-25-19(7-18)13-23(14-19)11-16-8-21-22(2)10-16/h3,5,8-10,18H,4,6-7,11-14H2,1-2H3. The Morgan fingerprint density at radius 2 is 2.24 bits per heavy atom. The first kappa shape index (κ1) is 16.7. The SMILES string of the molecule is Cc1ccncc1COC1CCOC2(C1)CN(Cc1cnn(C)c1)C2. The topological polar surface area (TPSA) is 52.4 Å². The normalized spacial score (nSPS) is 22.9. The molecule has 134 valence electrons. The Hall–Kier alpha value is -1.76. The van der Waals surface area contributed by atoms with Gasteiger partial charge in [-0.3, -0.25) is 14.6 Å². The van der Waals surface area contributed by atoms with E-state index in [2.05, 4.69) is 28.1 Å². The maximum atomic E-state index is 6.19. The van der Waals surface area contributed by atoms with Crippen molar-refractivity contribution in [2.24, 2.45) is 7.05 Å². The third kappa shape index (κ3) is 3.76. The second-order valence-electron chi connectivity index (χ2n) is 7.43. The number of hydrogen-bond acceptors (Lipinski definition) is 5. The highest BCUT2D eigenvalue weighted by Crippen LogP contribution is 2.36. The molecule has 6 nitrogen and oxygen atoms in total. The number of aryl methyl sites for hydroxylation is 2. The predicted molar refractivity (Wildman–Crippen MR) is 94.0 cm³/mol. The van der Waals surface area contributed by atoms with Crippen molar-refractivity contribution in [2.75, 3.05) is 19.7 Å². The highest BCUT2D eigenvalue weighted by atomic mass is 16.5. The zero-order valence-corrected chi connectivity index (χ0v) is 15.0. The van der Waals surface area contributed by atoms with Gasteiger partial charge in [0.05, 0.1) is 24.5 Å². The van der Waals surface area contributed by atoms with Crippen molar-refractivity contribution < 1.29 is 9.47 Å². The first-order chi connectivity index (χ1) is 12.1. The average Bonchev–Trinajstić information content (AvgIpc) is 2.98. The van der Waals surface area contributed by atoms with Gasteiger partial charge < -0.3 is 9.47 Å². The fourth-order valence-electron chi connectivity index (χ4n) is 3.89. The average molecular weight is 342 g/mol. The van der Waals surface area contributed by atoms with Gasteiger partial charge in [-0.25, -0.2) is 0 Å². The van der Waals surface area contributed by atoms with Gasteiger partial charge in [-0.05, 0) is 30.5 Å². The van der Waals surface area contributed by atoms with Crippen molar-refractivity contribution >= 4 is 0 Å². The quantitative estimate of drug-likeness (QED) is 0.833. The Morgan fingerprint density at radius 1 is 1.36 bits per heavy atom. The molecule has 0 aromatic carbocycles. The van der Waals surface area contributed by atoms with Crippen LogP contribution in [0, 0.1) is 6.92 Å². The summed E-state index contributed by atoms with van der Waals surface area (Å²) < 4.78 is 14.2. The van der Waals surface area contributed by atoms with Crippen molar-refractivity contribution in [3.63, 3.8) is 0 Å². The molecule has 1 unspecified atom stereocenters. The van der Waals surface area contributed by atoms with E-state index in [1.54, 1.807) is 0 Å². The maximum absolute atomic E-state index is 6.19. The molecular formula is C19H26N4O2. The summed E-state index contributed by atoms with van der Waals surface area (Å²) >= 11 is 0. The van der Waals surface area contributed by atoms with E-state index in [1.807, 2.05) is 36.4 Å². The second kappa shape index (κ2) is 6.86. The minimum atomic E-state index is -0.0187. The Labute approximate surface area is 148 Å². The van der Waals surface area contributed by atoms with Crippen LogP contribution < -0.4 is 0 Å². The number of nitrogens with zero attached hydrogens (tertiary/aromatic N) is 4. The molecule has 0 aliphatic carbocycles. The predicted octanol–water partition coefficient (Wildman–Crippen LogP) is 2.07. The van der Waals surface area contributed by atoms with E-state index in [9.17, 15) is 0 Å². The van der Waals surface area contributed by atoms with Gasteiger partial charge in [0.1, 0.15) is 0 Å². The molecule has 4 heterocycles. The first-order valence-electron chi connectivity index (χ1n) is 8.97. The smallest absolute Gasteiger partial charge is 0.0959 e. The van der Waals surface area contributed by atoms with E-state index < -0.39 is 0 Å². The van der Waals surface area contributed by atoms with Crippen LogP contribution in [0.25, 0.3) is 0 Å². The fraction of sp³-hybridized carbons (Fsp3) is 0.579. The summed E-state index contributed by atoms with van der Waals surface area (Å²) in [6, 6.07) is 2.03. The summed E-state index contributed by atoms with van der Waals surface area (Å²) in [5, 5.41) is 4.24. The van der Waals surface area contributed by atoms with Crippen molar-refractivity contribution in [1.29, 1.82) is 0 Å². The van der Waals surface area contributed by atoms with E-state index in [-0.39, 0.29) is 11.7 Å². The van der Waals surface area contributed by atoms with Crippen LogP contribution in [-0.2, 0) is 29.7 Å². The van der Waals surface area contributed by atoms with Crippen LogP contribution in [0.2, 0.25) is 0 Å². The number of likely N-dealkylation sites (tertiary alicyclic amines) is 1. The molecule has 6 heteroatoms. The molecule has 2 saturated heterocycles. The van der Waals surface area contributed by atoms with Gasteiger partial charge in [0.2, 0.25) is 0 Å². The van der Waals surface area contributed by atoms with E-state index in [1.165, 1.54) is 16.7 Å². The Bertz CT molecular complexity index is 724. The van der Waals surface area contributed by atoms with E-state index >= 15 is 0 Å². The van der Waals surface area contributed by atoms with Gasteiger partial charge >= 0.3 is 0 Å². The summed E-state index contributed by atoms with van der Waals surface area (Å²) in [6.07, 6.45) is 9.98. The summed E-state index contributed by atoms with van der Waals surface area (Å²) in [7, 11) is 1.96. The molecule has 0 N–H and O–H groups in total. The molecule has 25 heavy (non-hydrogen) atoms. The molecule has 0 saturated carbocycles. The van der Waals surface area contributed by atoms with Gasteiger partial charge in [-0.2, -0.15) is 5.10 Å². The van der Waals surface area contributed by atoms with Crippen LogP contribution in [0.15, 0.2) is 30.9 Å². The lowest BCUT2D eigenvalue weighted by Crippen LogP contribution is -2.65.